The molecule has 0 radical (unpaired) electrons. The molecule has 0 spiro atoms. The number of hydrogen-bond donors (Lipinski definition) is 1. The van der Waals surface area contributed by atoms with Gasteiger partial charge in [-0.15, -0.1) is 0 Å². The van der Waals surface area contributed by atoms with E-state index in [1.165, 1.54) is 0 Å². The third kappa shape index (κ3) is 3.73. The number of methoxy groups -OCH3 is 1. The van der Waals surface area contributed by atoms with Crippen LogP contribution in [-0.2, 0) is 11.3 Å². The largest absolute Gasteiger partial charge is 0.496 e. The van der Waals surface area contributed by atoms with Gasteiger partial charge in [-0.1, -0.05) is 11.8 Å². The van der Waals surface area contributed by atoms with E-state index in [2.05, 4.69) is 29.7 Å². The maximum Gasteiger partial charge on any atom is 0.123 e. The Kier molecular flexibility index (Phi) is 5.42. The zero-order valence-electron chi connectivity index (χ0n) is 12.2. The molecule has 1 aromatic rings. The van der Waals surface area contributed by atoms with Gasteiger partial charge in [0.1, 0.15) is 5.75 Å². The van der Waals surface area contributed by atoms with Crippen molar-refractivity contribution in [1.29, 1.82) is 0 Å². The fourth-order valence-corrected chi connectivity index (χ4v) is 2.35. The standard InChI is InChI=1S/C16H22N2O2/c1-13-12-20-9-8-18(13)11-15-10-14(4-3-7-17)5-6-16(15)19-2/h5-6,10,13H,7-9,11-12,17H2,1-2H3. The Hall–Kier alpha value is -1.54. The Morgan fingerprint density at radius 2 is 2.35 bits per heavy atom. The van der Waals surface area contributed by atoms with Crippen molar-refractivity contribution in [1.82, 2.24) is 4.90 Å². The molecule has 20 heavy (non-hydrogen) atoms. The van der Waals surface area contributed by atoms with Crippen LogP contribution in [0.25, 0.3) is 0 Å². The molecule has 2 N–H and O–H groups in total. The summed E-state index contributed by atoms with van der Waals surface area (Å²) >= 11 is 0. The molecule has 4 nitrogen and oxygen atoms in total. The third-order valence-corrected chi connectivity index (χ3v) is 3.49. The predicted octanol–water partition coefficient (Wildman–Crippen LogP) is 1.23. The van der Waals surface area contributed by atoms with Crippen LogP contribution in [-0.4, -0.2) is 44.4 Å². The molecule has 0 saturated carbocycles. The summed E-state index contributed by atoms with van der Waals surface area (Å²) in [5, 5.41) is 0. The lowest BCUT2D eigenvalue weighted by atomic mass is 10.1. The summed E-state index contributed by atoms with van der Waals surface area (Å²) in [5.41, 5.74) is 7.55. The SMILES string of the molecule is COc1ccc(C#CCN)cc1CN1CCOCC1C. The molecule has 1 unspecified atom stereocenters. The second-order valence-electron chi connectivity index (χ2n) is 4.93. The minimum absolute atomic E-state index is 0.377. The second-order valence-corrected chi connectivity index (χ2v) is 4.93. The third-order valence-electron chi connectivity index (χ3n) is 3.49. The zero-order chi connectivity index (χ0) is 14.4. The number of hydrogen-bond acceptors (Lipinski definition) is 4. The Balaban J connectivity index is 2.19. The van der Waals surface area contributed by atoms with Crippen molar-refractivity contribution in [3.63, 3.8) is 0 Å². The normalized spacial score (nSPS) is 19.2. The number of nitrogens with zero attached hydrogens (tertiary/aromatic N) is 1. The molecule has 4 heteroatoms. The number of benzene rings is 1. The van der Waals surface area contributed by atoms with Gasteiger partial charge in [-0.25, -0.2) is 0 Å². The first-order valence-corrected chi connectivity index (χ1v) is 6.92. The van der Waals surface area contributed by atoms with Gasteiger partial charge in [0.25, 0.3) is 0 Å². The van der Waals surface area contributed by atoms with Crippen molar-refractivity contribution >= 4 is 0 Å². The van der Waals surface area contributed by atoms with Gasteiger partial charge in [0, 0.05) is 30.3 Å². The van der Waals surface area contributed by atoms with E-state index in [9.17, 15) is 0 Å². The smallest absolute Gasteiger partial charge is 0.123 e. The molecule has 1 atom stereocenters. The van der Waals surface area contributed by atoms with Gasteiger partial charge in [0.05, 0.1) is 26.9 Å². The van der Waals surface area contributed by atoms with Crippen LogP contribution in [0.1, 0.15) is 18.1 Å². The summed E-state index contributed by atoms with van der Waals surface area (Å²) in [6.45, 7) is 5.94. The number of morpholine rings is 1. The maximum absolute atomic E-state index is 5.47. The summed E-state index contributed by atoms with van der Waals surface area (Å²) < 4.78 is 10.9. The van der Waals surface area contributed by atoms with E-state index in [1.54, 1.807) is 7.11 Å². The lowest BCUT2D eigenvalue weighted by Crippen LogP contribution is -2.42. The molecule has 1 aromatic carbocycles. The fourth-order valence-electron chi connectivity index (χ4n) is 2.35. The monoisotopic (exact) mass is 274 g/mol. The van der Waals surface area contributed by atoms with Crippen LogP contribution < -0.4 is 10.5 Å². The first kappa shape index (κ1) is 14.9. The summed E-state index contributed by atoms with van der Waals surface area (Å²) in [5.74, 6) is 6.86. The van der Waals surface area contributed by atoms with Crippen molar-refractivity contribution in [2.75, 3.05) is 33.4 Å². The van der Waals surface area contributed by atoms with E-state index in [0.29, 0.717) is 12.6 Å². The van der Waals surface area contributed by atoms with Crippen LogP contribution in [0.5, 0.6) is 5.75 Å². The van der Waals surface area contributed by atoms with Crippen LogP contribution >= 0.6 is 0 Å². The molecule has 1 aliphatic heterocycles. The fraction of sp³-hybridized carbons (Fsp3) is 0.500. The van der Waals surface area contributed by atoms with Crippen molar-refractivity contribution in [2.45, 2.75) is 19.5 Å². The van der Waals surface area contributed by atoms with Crippen LogP contribution in [0.4, 0.5) is 0 Å². The van der Waals surface area contributed by atoms with Gasteiger partial charge in [0.15, 0.2) is 0 Å². The van der Waals surface area contributed by atoms with Gasteiger partial charge < -0.3 is 15.2 Å². The molecule has 0 bridgehead atoms. The summed E-state index contributed by atoms with van der Waals surface area (Å²) in [6.07, 6.45) is 0. The van der Waals surface area contributed by atoms with Crippen molar-refractivity contribution < 1.29 is 9.47 Å². The number of ether oxygens (including phenoxy) is 2. The van der Waals surface area contributed by atoms with Gasteiger partial charge in [-0.2, -0.15) is 0 Å². The zero-order valence-corrected chi connectivity index (χ0v) is 12.2. The predicted molar refractivity (Wildman–Crippen MR) is 79.6 cm³/mol. The Morgan fingerprint density at radius 1 is 1.50 bits per heavy atom. The highest BCUT2D eigenvalue weighted by Gasteiger charge is 2.20. The highest BCUT2D eigenvalue weighted by atomic mass is 16.5. The minimum Gasteiger partial charge on any atom is -0.496 e. The molecule has 108 valence electrons. The average Bonchev–Trinajstić information content (AvgIpc) is 2.48. The first-order chi connectivity index (χ1) is 9.74. The summed E-state index contributed by atoms with van der Waals surface area (Å²) in [6, 6.07) is 6.45. The quantitative estimate of drug-likeness (QED) is 0.842. The van der Waals surface area contributed by atoms with Crippen molar-refractivity contribution in [3.05, 3.63) is 29.3 Å². The van der Waals surface area contributed by atoms with Crippen LogP contribution in [0, 0.1) is 11.8 Å². The lowest BCUT2D eigenvalue weighted by Gasteiger charge is -2.33. The molecule has 0 amide bonds. The second kappa shape index (κ2) is 7.30. The number of nitrogens with two attached hydrogens (primary N) is 1. The van der Waals surface area contributed by atoms with E-state index in [-0.39, 0.29) is 0 Å². The maximum atomic E-state index is 5.47. The highest BCUT2D eigenvalue weighted by molar-refractivity contribution is 5.44. The minimum atomic E-state index is 0.377. The van der Waals surface area contributed by atoms with Gasteiger partial charge >= 0.3 is 0 Å². The molecule has 0 aliphatic carbocycles. The first-order valence-electron chi connectivity index (χ1n) is 6.92. The topological polar surface area (TPSA) is 47.7 Å². The van der Waals surface area contributed by atoms with Crippen LogP contribution in [0.15, 0.2) is 18.2 Å². The Morgan fingerprint density at radius 3 is 3.05 bits per heavy atom. The molecule has 1 saturated heterocycles. The molecule has 1 fully saturated rings. The van der Waals surface area contributed by atoms with Crippen molar-refractivity contribution in [3.8, 4) is 17.6 Å². The number of rotatable bonds is 3. The van der Waals surface area contributed by atoms with E-state index in [4.69, 9.17) is 15.2 Å². The van der Waals surface area contributed by atoms with Gasteiger partial charge in [0.2, 0.25) is 0 Å². The van der Waals surface area contributed by atoms with E-state index in [0.717, 1.165) is 43.2 Å². The molecule has 1 heterocycles. The lowest BCUT2D eigenvalue weighted by molar-refractivity contribution is -0.00464. The van der Waals surface area contributed by atoms with Crippen molar-refractivity contribution in [2.24, 2.45) is 5.73 Å². The molecule has 1 aliphatic rings. The van der Waals surface area contributed by atoms with Gasteiger partial charge in [-0.05, 0) is 25.1 Å². The van der Waals surface area contributed by atoms with E-state index >= 15 is 0 Å². The van der Waals surface area contributed by atoms with E-state index in [1.807, 2.05) is 12.1 Å². The Bertz CT molecular complexity index is 505. The van der Waals surface area contributed by atoms with Crippen LogP contribution in [0.2, 0.25) is 0 Å². The Labute approximate surface area is 120 Å². The summed E-state index contributed by atoms with van der Waals surface area (Å²) in [7, 11) is 1.70. The van der Waals surface area contributed by atoms with Crippen LogP contribution in [0.3, 0.4) is 0 Å². The summed E-state index contributed by atoms with van der Waals surface area (Å²) in [4.78, 5) is 2.40. The highest BCUT2D eigenvalue weighted by Crippen LogP contribution is 2.23. The molecule has 0 aromatic heterocycles. The van der Waals surface area contributed by atoms with E-state index < -0.39 is 0 Å². The average molecular weight is 274 g/mol. The molecular weight excluding hydrogens is 252 g/mol. The molecular formula is C16H22N2O2. The molecule has 2 rings (SSSR count). The van der Waals surface area contributed by atoms with Gasteiger partial charge in [-0.3, -0.25) is 4.90 Å².